The first kappa shape index (κ1) is 30.3. The van der Waals surface area contributed by atoms with Crippen LogP contribution < -0.4 is 10.6 Å². The number of hydrogen-bond acceptors (Lipinski definition) is 9. The van der Waals surface area contributed by atoms with E-state index >= 15 is 0 Å². The Labute approximate surface area is 282 Å². The molecule has 2 bridgehead atoms. The number of piperidine rings is 1. The van der Waals surface area contributed by atoms with Gasteiger partial charge in [-0.25, -0.2) is 9.97 Å². The number of carboxylic acids is 1. The molecule has 6 fully saturated rings. The lowest BCUT2D eigenvalue weighted by atomic mass is 9.54. The van der Waals surface area contributed by atoms with E-state index in [1.807, 2.05) is 24.3 Å². The van der Waals surface area contributed by atoms with Crippen LogP contribution in [0.2, 0.25) is 0 Å². The van der Waals surface area contributed by atoms with Crippen LogP contribution in [0.25, 0.3) is 11.3 Å². The maximum absolute atomic E-state index is 11.3. The smallest absolute Gasteiger partial charge is 0.306 e. The van der Waals surface area contributed by atoms with Crippen LogP contribution >= 0.6 is 0 Å². The van der Waals surface area contributed by atoms with Crippen molar-refractivity contribution in [3.8, 4) is 17.0 Å². The number of benzene rings is 1. The van der Waals surface area contributed by atoms with E-state index in [1.165, 1.54) is 37.7 Å². The molecule has 6 aliphatic rings. The number of phenols is 1. The molecule has 4 atom stereocenters. The van der Waals surface area contributed by atoms with Crippen LogP contribution in [0.15, 0.2) is 42.7 Å². The van der Waals surface area contributed by atoms with E-state index in [9.17, 15) is 15.0 Å². The molecule has 1 aromatic carbocycles. The van der Waals surface area contributed by atoms with Gasteiger partial charge in [0.25, 0.3) is 0 Å². The number of phenolic OH excluding ortho intramolecular Hbond substituents is 1. The van der Waals surface area contributed by atoms with Crippen LogP contribution in [0.1, 0.15) is 87.9 Å². The van der Waals surface area contributed by atoms with E-state index in [2.05, 4.69) is 32.4 Å². The molecule has 9 rings (SSSR count). The largest absolute Gasteiger partial charge is 0.507 e. The third kappa shape index (κ3) is 4.96. The second kappa shape index (κ2) is 11.4. The summed E-state index contributed by atoms with van der Waals surface area (Å²) < 4.78 is 0. The van der Waals surface area contributed by atoms with E-state index in [4.69, 9.17) is 15.7 Å². The van der Waals surface area contributed by atoms with Crippen LogP contribution in [0.5, 0.6) is 5.75 Å². The molecule has 4 aliphatic carbocycles. The molecule has 4 heterocycles. The third-order valence-corrected chi connectivity index (χ3v) is 13.8. The lowest BCUT2D eigenvalue weighted by molar-refractivity contribution is -0.152. The summed E-state index contributed by atoms with van der Waals surface area (Å²) in [5, 5.41) is 28.3. The Morgan fingerprint density at radius 3 is 2.42 bits per heavy atom. The summed E-state index contributed by atoms with van der Waals surface area (Å²) in [7, 11) is 0. The van der Waals surface area contributed by atoms with Gasteiger partial charge in [-0.1, -0.05) is 12.1 Å². The molecule has 2 saturated heterocycles. The van der Waals surface area contributed by atoms with Crippen LogP contribution in [-0.2, 0) is 10.2 Å². The SMILES string of the molecule is Nc1nnc(-c2ccccc2O)cc1N1CC2CC3C(C1)CC3(c1ncc(C3CCN(C4CCC5(CC4)CC(C(=O)O)C5)CC3)cn1)C2. The van der Waals surface area contributed by atoms with Crippen molar-refractivity contribution in [3.63, 3.8) is 0 Å². The van der Waals surface area contributed by atoms with Gasteiger partial charge in [-0.05, 0) is 137 Å². The van der Waals surface area contributed by atoms with E-state index < -0.39 is 5.97 Å². The summed E-state index contributed by atoms with van der Waals surface area (Å²) in [6, 6.07) is 9.89. The lowest BCUT2D eigenvalue weighted by Gasteiger charge is -2.52. The molecule has 10 nitrogen and oxygen atoms in total. The summed E-state index contributed by atoms with van der Waals surface area (Å²) in [5.74, 6) is 3.25. The molecule has 4 N–H and O–H groups in total. The predicted octanol–water partition coefficient (Wildman–Crippen LogP) is 5.63. The minimum atomic E-state index is -0.598. The highest BCUT2D eigenvalue weighted by Gasteiger charge is 2.63. The van der Waals surface area contributed by atoms with E-state index in [0.717, 1.165) is 76.2 Å². The van der Waals surface area contributed by atoms with Crippen molar-refractivity contribution < 1.29 is 15.0 Å². The monoisotopic (exact) mass is 649 g/mol. The summed E-state index contributed by atoms with van der Waals surface area (Å²) in [6.45, 7) is 4.16. The number of anilines is 2. The van der Waals surface area contributed by atoms with E-state index in [-0.39, 0.29) is 17.1 Å². The maximum Gasteiger partial charge on any atom is 0.306 e. The van der Waals surface area contributed by atoms with Gasteiger partial charge < -0.3 is 25.7 Å². The Morgan fingerprint density at radius 2 is 1.69 bits per heavy atom. The van der Waals surface area contributed by atoms with Crippen molar-refractivity contribution in [1.29, 1.82) is 0 Å². The first-order chi connectivity index (χ1) is 23.3. The van der Waals surface area contributed by atoms with Gasteiger partial charge in [0, 0.05) is 42.5 Å². The fraction of sp³-hybridized carbons (Fsp3) is 0.605. The van der Waals surface area contributed by atoms with Gasteiger partial charge >= 0.3 is 5.97 Å². The van der Waals surface area contributed by atoms with Gasteiger partial charge in [0.05, 0.1) is 17.3 Å². The number of nitrogens with two attached hydrogens (primary N) is 1. The Morgan fingerprint density at radius 1 is 0.938 bits per heavy atom. The zero-order valence-corrected chi connectivity index (χ0v) is 27.7. The molecule has 4 saturated carbocycles. The molecule has 48 heavy (non-hydrogen) atoms. The summed E-state index contributed by atoms with van der Waals surface area (Å²) in [6.07, 6.45) is 16.7. The van der Waals surface area contributed by atoms with Crippen molar-refractivity contribution >= 4 is 17.5 Å². The topological polar surface area (TPSA) is 142 Å². The minimum Gasteiger partial charge on any atom is -0.507 e. The van der Waals surface area contributed by atoms with Crippen molar-refractivity contribution in [2.45, 2.75) is 88.0 Å². The normalized spacial score (nSPS) is 34.8. The quantitative estimate of drug-likeness (QED) is 0.308. The van der Waals surface area contributed by atoms with Gasteiger partial charge in [0.2, 0.25) is 0 Å². The Hall–Kier alpha value is -3.79. The van der Waals surface area contributed by atoms with Gasteiger partial charge in [0.1, 0.15) is 11.6 Å². The molecule has 3 aromatic rings. The average molecular weight is 650 g/mol. The first-order valence-corrected chi connectivity index (χ1v) is 18.2. The third-order valence-electron chi connectivity index (χ3n) is 13.8. The highest BCUT2D eigenvalue weighted by atomic mass is 16.4. The molecule has 252 valence electrons. The number of likely N-dealkylation sites (tertiary alicyclic amines) is 1. The number of rotatable bonds is 6. The Bertz CT molecular complexity index is 1690. The zero-order valence-electron chi connectivity index (χ0n) is 27.7. The maximum atomic E-state index is 11.3. The molecule has 2 aliphatic heterocycles. The molecule has 0 radical (unpaired) electrons. The molecule has 0 amide bonds. The number of hydrogen-bond donors (Lipinski definition) is 3. The summed E-state index contributed by atoms with van der Waals surface area (Å²) in [4.78, 5) is 26.6. The molecular weight excluding hydrogens is 602 g/mol. The van der Waals surface area contributed by atoms with Crippen LogP contribution in [0.4, 0.5) is 11.5 Å². The number of fused-ring (bicyclic) bond motifs is 1. The number of para-hydroxylation sites is 1. The minimum absolute atomic E-state index is 0.0960. The van der Waals surface area contributed by atoms with E-state index in [0.29, 0.717) is 52.2 Å². The average Bonchev–Trinajstić information content (AvgIpc) is 3.28. The predicted molar refractivity (Wildman–Crippen MR) is 182 cm³/mol. The highest BCUT2D eigenvalue weighted by molar-refractivity contribution is 5.74. The molecule has 2 aromatic heterocycles. The van der Waals surface area contributed by atoms with Crippen LogP contribution in [-0.4, -0.2) is 73.5 Å². The van der Waals surface area contributed by atoms with Gasteiger partial charge in [0.15, 0.2) is 5.82 Å². The Kier molecular flexibility index (Phi) is 7.19. The Balaban J connectivity index is 0.816. The highest BCUT2D eigenvalue weighted by Crippen LogP contribution is 2.64. The molecular formula is C38H47N7O3. The zero-order chi connectivity index (χ0) is 32.6. The second-order valence-corrected chi connectivity index (χ2v) is 16.3. The lowest BCUT2D eigenvalue weighted by Crippen LogP contribution is -2.54. The number of aliphatic carboxylic acids is 1. The second-order valence-electron chi connectivity index (χ2n) is 16.3. The molecule has 4 unspecified atom stereocenters. The van der Waals surface area contributed by atoms with E-state index in [1.54, 1.807) is 6.07 Å². The van der Waals surface area contributed by atoms with Gasteiger partial charge in [-0.15, -0.1) is 10.2 Å². The number of nitrogens with zero attached hydrogens (tertiary/aromatic N) is 6. The fourth-order valence-electron chi connectivity index (χ4n) is 11.2. The number of aromatic hydroxyl groups is 1. The van der Waals surface area contributed by atoms with Crippen molar-refractivity contribution in [2.75, 3.05) is 36.8 Å². The number of aromatic nitrogens is 4. The number of carboxylic acid groups (broad SMARTS) is 1. The van der Waals surface area contributed by atoms with Crippen molar-refractivity contribution in [2.24, 2.45) is 29.1 Å². The van der Waals surface area contributed by atoms with Crippen LogP contribution in [0, 0.1) is 29.1 Å². The summed E-state index contributed by atoms with van der Waals surface area (Å²) >= 11 is 0. The number of nitrogen functional groups attached to an aromatic ring is 1. The van der Waals surface area contributed by atoms with Crippen molar-refractivity contribution in [1.82, 2.24) is 25.1 Å². The summed E-state index contributed by atoms with van der Waals surface area (Å²) in [5.41, 5.74) is 10.4. The van der Waals surface area contributed by atoms with Gasteiger partial charge in [-0.3, -0.25) is 4.79 Å². The van der Waals surface area contributed by atoms with Crippen molar-refractivity contribution in [3.05, 3.63) is 54.1 Å². The van der Waals surface area contributed by atoms with Crippen LogP contribution in [0.3, 0.4) is 0 Å². The molecule has 10 heteroatoms. The van der Waals surface area contributed by atoms with Gasteiger partial charge in [-0.2, -0.15) is 0 Å². The number of carbonyl (C=O) groups is 1. The standard InChI is InChI=1S/C38H47N7O3/c39-34-32(14-31(42-43-34)29-3-1-2-4-33(29)46)45-21-23-13-30-26(22-45)18-38(30,15-23)36-40-19-27(20-41-36)24-7-11-44(12-8-24)28-5-9-37(10-6-28)16-25(17-37)35(47)48/h1-4,14,19-20,23-26,28,30,46H,5-13,15-18,21-22H2,(H2,39,43)(H,47,48). The molecule has 1 spiro atoms. The fourth-order valence-corrected chi connectivity index (χ4v) is 11.2. The first-order valence-electron chi connectivity index (χ1n) is 18.2.